The van der Waals surface area contributed by atoms with Crippen LogP contribution in [0.25, 0.3) is 0 Å². The molecule has 1 aromatic carbocycles. The van der Waals surface area contributed by atoms with E-state index in [1.165, 1.54) is 36.8 Å². The van der Waals surface area contributed by atoms with Crippen molar-refractivity contribution in [2.45, 2.75) is 51.7 Å². The molecule has 1 aliphatic carbocycles. The van der Waals surface area contributed by atoms with E-state index in [0.29, 0.717) is 5.41 Å². The fraction of sp³-hybridized carbons (Fsp3) is 0.619. The summed E-state index contributed by atoms with van der Waals surface area (Å²) in [6.07, 6.45) is -0.112. The summed E-state index contributed by atoms with van der Waals surface area (Å²) in [5, 5.41) is 7.12. The second kappa shape index (κ2) is 8.73. The van der Waals surface area contributed by atoms with Gasteiger partial charge in [-0.15, -0.1) is 0 Å². The van der Waals surface area contributed by atoms with Crippen molar-refractivity contribution < 1.29 is 27.9 Å². The van der Waals surface area contributed by atoms with Gasteiger partial charge in [-0.2, -0.15) is 13.2 Å². The normalized spacial score (nSPS) is 18.8. The number of aliphatic carboxylic acids is 1. The molecule has 0 aromatic heterocycles. The number of nitrogens with zero attached hydrogens (tertiary/aromatic N) is 2. The number of benzene rings is 1. The molecule has 1 saturated heterocycles. The summed E-state index contributed by atoms with van der Waals surface area (Å²) in [6, 6.07) is 6.91. The number of rotatable bonds is 2. The van der Waals surface area contributed by atoms with Gasteiger partial charge >= 0.3 is 12.1 Å². The molecule has 1 spiro atoms. The number of likely N-dealkylation sites (tertiary alicyclic amines) is 1. The Kier molecular flexibility index (Phi) is 6.98. The van der Waals surface area contributed by atoms with Gasteiger partial charge in [-0.25, -0.2) is 4.79 Å². The quantitative estimate of drug-likeness (QED) is 0.798. The minimum absolute atomic E-state index is 0.213. The fourth-order valence-corrected chi connectivity index (χ4v) is 4.18. The third kappa shape index (κ3) is 5.95. The van der Waals surface area contributed by atoms with E-state index in [1.54, 1.807) is 0 Å². The minimum atomic E-state index is -5.08. The highest BCUT2D eigenvalue weighted by Gasteiger charge is 2.47. The summed E-state index contributed by atoms with van der Waals surface area (Å²) in [6.45, 7) is 5.97. The molecule has 0 atom stereocenters. The molecule has 1 aromatic rings. The van der Waals surface area contributed by atoms with Gasteiger partial charge in [-0.1, -0.05) is 17.2 Å². The van der Waals surface area contributed by atoms with Gasteiger partial charge in [0.25, 0.3) is 5.91 Å². The van der Waals surface area contributed by atoms with Crippen molar-refractivity contribution in [2.24, 2.45) is 5.41 Å². The van der Waals surface area contributed by atoms with Crippen molar-refractivity contribution in [2.75, 3.05) is 27.2 Å². The van der Waals surface area contributed by atoms with Gasteiger partial charge < -0.3 is 14.9 Å². The lowest BCUT2D eigenvalue weighted by Gasteiger charge is -2.54. The second-order valence-corrected chi connectivity index (χ2v) is 8.50. The fourth-order valence-electron chi connectivity index (χ4n) is 4.18. The van der Waals surface area contributed by atoms with Crippen LogP contribution < -0.4 is 0 Å². The summed E-state index contributed by atoms with van der Waals surface area (Å²) in [7, 11) is 4.35. The number of carbonyl (C=O) groups is 2. The van der Waals surface area contributed by atoms with Crippen molar-refractivity contribution >= 4 is 11.9 Å². The molecule has 1 N–H and O–H groups in total. The first-order chi connectivity index (χ1) is 13.3. The van der Waals surface area contributed by atoms with Gasteiger partial charge in [0, 0.05) is 24.7 Å². The van der Waals surface area contributed by atoms with Crippen LogP contribution in [0.1, 0.15) is 47.2 Å². The zero-order chi connectivity index (χ0) is 22.0. The van der Waals surface area contributed by atoms with E-state index in [0.717, 1.165) is 24.7 Å². The van der Waals surface area contributed by atoms with Crippen LogP contribution >= 0.6 is 0 Å². The van der Waals surface area contributed by atoms with Gasteiger partial charge in [-0.3, -0.25) is 4.79 Å². The van der Waals surface area contributed by atoms with E-state index in [9.17, 15) is 18.0 Å². The summed E-state index contributed by atoms with van der Waals surface area (Å²) in [4.78, 5) is 26.0. The molecule has 0 radical (unpaired) electrons. The number of carboxylic acids is 1. The molecule has 162 valence electrons. The topological polar surface area (TPSA) is 60.9 Å². The van der Waals surface area contributed by atoms with Crippen molar-refractivity contribution in [3.63, 3.8) is 0 Å². The molecule has 1 amide bonds. The predicted molar refractivity (Wildman–Crippen MR) is 104 cm³/mol. The lowest BCUT2D eigenvalue weighted by molar-refractivity contribution is -0.192. The number of hydrogen-bond acceptors (Lipinski definition) is 3. The SMILES string of the molecule is Cc1cc(C)cc(C(=O)N2CCC3(CC2)CC(N(C)C)C3)c1.O=C(O)C(F)(F)F. The standard InChI is InChI=1S/C19H28N2O.C2HF3O2/c1-14-9-15(2)11-16(10-14)18(22)21-7-5-19(6-8-21)12-17(13-19)20(3)4;3-2(4,5)1(6)7/h9-11,17H,5-8,12-13H2,1-4H3;(H,6,7). The first-order valence-corrected chi connectivity index (χ1v) is 9.67. The monoisotopic (exact) mass is 414 g/mol. The van der Waals surface area contributed by atoms with Crippen LogP contribution in [-0.2, 0) is 4.79 Å². The van der Waals surface area contributed by atoms with Crippen molar-refractivity contribution in [1.29, 1.82) is 0 Å². The zero-order valence-corrected chi connectivity index (χ0v) is 17.3. The Bertz CT molecular complexity index is 726. The number of amides is 1. The average Bonchev–Trinajstić information content (AvgIpc) is 2.58. The Morgan fingerprint density at radius 1 is 1.07 bits per heavy atom. The highest BCUT2D eigenvalue weighted by Crippen LogP contribution is 2.50. The molecule has 8 heteroatoms. The van der Waals surface area contributed by atoms with Gasteiger partial charge in [0.15, 0.2) is 0 Å². The number of alkyl halides is 3. The van der Waals surface area contributed by atoms with Crippen LogP contribution in [-0.4, -0.2) is 66.2 Å². The number of halogens is 3. The van der Waals surface area contributed by atoms with Gasteiger partial charge in [0.1, 0.15) is 0 Å². The summed E-state index contributed by atoms with van der Waals surface area (Å²) < 4.78 is 31.7. The van der Waals surface area contributed by atoms with E-state index < -0.39 is 12.1 Å². The summed E-state index contributed by atoms with van der Waals surface area (Å²) in [5.41, 5.74) is 3.72. The van der Waals surface area contributed by atoms with Crippen LogP contribution in [0.15, 0.2) is 18.2 Å². The molecular weight excluding hydrogens is 385 g/mol. The van der Waals surface area contributed by atoms with E-state index in [4.69, 9.17) is 9.90 Å². The highest BCUT2D eigenvalue weighted by atomic mass is 19.4. The van der Waals surface area contributed by atoms with Gasteiger partial charge in [-0.05, 0) is 71.2 Å². The Balaban J connectivity index is 0.000000370. The zero-order valence-electron chi connectivity index (χ0n) is 17.3. The van der Waals surface area contributed by atoms with E-state index in [1.807, 2.05) is 12.1 Å². The van der Waals surface area contributed by atoms with E-state index >= 15 is 0 Å². The van der Waals surface area contributed by atoms with Crippen LogP contribution in [0.3, 0.4) is 0 Å². The van der Waals surface area contributed by atoms with Crippen molar-refractivity contribution in [1.82, 2.24) is 9.80 Å². The number of piperidine rings is 1. The predicted octanol–water partition coefficient (Wildman–Crippen LogP) is 3.88. The molecule has 0 bridgehead atoms. The molecule has 3 rings (SSSR count). The van der Waals surface area contributed by atoms with E-state index in [-0.39, 0.29) is 5.91 Å². The van der Waals surface area contributed by atoms with E-state index in [2.05, 4.69) is 43.8 Å². The smallest absolute Gasteiger partial charge is 0.475 e. The third-order valence-electron chi connectivity index (χ3n) is 5.89. The molecule has 2 aliphatic rings. The number of hydrogen-bond donors (Lipinski definition) is 1. The molecule has 2 fully saturated rings. The summed E-state index contributed by atoms with van der Waals surface area (Å²) in [5.74, 6) is -2.54. The third-order valence-corrected chi connectivity index (χ3v) is 5.89. The lowest BCUT2D eigenvalue weighted by Crippen LogP contribution is -2.54. The maximum Gasteiger partial charge on any atom is 0.490 e. The van der Waals surface area contributed by atoms with Crippen molar-refractivity contribution in [3.8, 4) is 0 Å². The molecule has 1 saturated carbocycles. The molecule has 29 heavy (non-hydrogen) atoms. The number of carbonyl (C=O) groups excluding carboxylic acids is 1. The Labute approximate surface area is 169 Å². The molecular formula is C21H29F3N2O3. The Morgan fingerprint density at radius 2 is 1.52 bits per heavy atom. The molecule has 1 aliphatic heterocycles. The molecule has 5 nitrogen and oxygen atoms in total. The maximum atomic E-state index is 12.7. The Hall–Kier alpha value is -2.09. The highest BCUT2D eigenvalue weighted by molar-refractivity contribution is 5.94. The molecule has 1 heterocycles. The number of carboxylic acid groups (broad SMARTS) is 1. The van der Waals surface area contributed by atoms with Crippen LogP contribution in [0.4, 0.5) is 13.2 Å². The average molecular weight is 414 g/mol. The van der Waals surface area contributed by atoms with Crippen LogP contribution in [0.5, 0.6) is 0 Å². The largest absolute Gasteiger partial charge is 0.490 e. The summed E-state index contributed by atoms with van der Waals surface area (Å²) >= 11 is 0. The lowest BCUT2D eigenvalue weighted by atomic mass is 9.60. The van der Waals surface area contributed by atoms with Crippen molar-refractivity contribution in [3.05, 3.63) is 34.9 Å². The minimum Gasteiger partial charge on any atom is -0.475 e. The molecule has 0 unspecified atom stereocenters. The maximum absolute atomic E-state index is 12.7. The first-order valence-electron chi connectivity index (χ1n) is 9.67. The van der Waals surface area contributed by atoms with Crippen LogP contribution in [0.2, 0.25) is 0 Å². The number of aryl methyl sites for hydroxylation is 2. The van der Waals surface area contributed by atoms with Crippen LogP contribution in [0, 0.1) is 19.3 Å². The van der Waals surface area contributed by atoms with Gasteiger partial charge in [0.2, 0.25) is 0 Å². The Morgan fingerprint density at radius 3 is 1.90 bits per heavy atom. The van der Waals surface area contributed by atoms with Gasteiger partial charge in [0.05, 0.1) is 0 Å². The second-order valence-electron chi connectivity index (χ2n) is 8.50. The first kappa shape index (κ1) is 23.2.